The van der Waals surface area contributed by atoms with Gasteiger partial charge in [0, 0.05) is 31.6 Å². The molecule has 2 aliphatic heterocycles. The smallest absolute Gasteiger partial charge is 0.266 e. The maximum absolute atomic E-state index is 12.9. The number of amides is 1. The van der Waals surface area contributed by atoms with Crippen LogP contribution in [0.4, 0.5) is 5.88 Å². The van der Waals surface area contributed by atoms with E-state index in [-0.39, 0.29) is 17.5 Å². The minimum Gasteiger partial charge on any atom is -0.459 e. The number of anilines is 1. The zero-order valence-electron chi connectivity index (χ0n) is 19.9. The highest BCUT2D eigenvalue weighted by Crippen LogP contribution is 2.31. The number of nitrogens with one attached hydrogen (secondary N) is 1. The van der Waals surface area contributed by atoms with Crippen LogP contribution < -0.4 is 10.2 Å². The van der Waals surface area contributed by atoms with E-state index in [9.17, 15) is 10.1 Å². The van der Waals surface area contributed by atoms with Crippen molar-refractivity contribution < 1.29 is 13.6 Å². The summed E-state index contributed by atoms with van der Waals surface area (Å²) in [7, 11) is 0. The average Bonchev–Trinajstić information content (AvgIpc) is 3.50. The predicted molar refractivity (Wildman–Crippen MR) is 125 cm³/mol. The van der Waals surface area contributed by atoms with Crippen LogP contribution in [0.1, 0.15) is 52.1 Å². The molecule has 0 aromatic carbocycles. The fraction of sp³-hybridized carbons (Fsp3) is 0.640. The number of likely N-dealkylation sites (tertiary alicyclic amines) is 1. The van der Waals surface area contributed by atoms with E-state index in [1.54, 1.807) is 18.4 Å². The van der Waals surface area contributed by atoms with E-state index in [1.807, 2.05) is 4.90 Å². The molecule has 2 aromatic rings. The SMILES string of the molecule is CC1CCN(C(CNC(=O)C2CCN(c3oc(-c4ccco4)nc3C#N)CC2)C(C)C)CC1. The molecule has 4 rings (SSSR count). The third kappa shape index (κ3) is 5.41. The normalized spacial score (nSPS) is 19.5. The number of aromatic nitrogens is 1. The molecule has 2 aromatic heterocycles. The van der Waals surface area contributed by atoms with Gasteiger partial charge in [-0.15, -0.1) is 0 Å². The number of hydrogen-bond donors (Lipinski definition) is 1. The van der Waals surface area contributed by atoms with Gasteiger partial charge in [0.2, 0.25) is 17.5 Å². The van der Waals surface area contributed by atoms with Gasteiger partial charge in [0.15, 0.2) is 5.76 Å². The third-order valence-corrected chi connectivity index (χ3v) is 7.14. The second-order valence-electron chi connectivity index (χ2n) is 9.80. The van der Waals surface area contributed by atoms with Gasteiger partial charge in [-0.05, 0) is 62.7 Å². The summed E-state index contributed by atoms with van der Waals surface area (Å²) in [6.45, 7) is 11.1. The Kier molecular flexibility index (Phi) is 7.39. The second kappa shape index (κ2) is 10.4. The Morgan fingerprint density at radius 1 is 1.24 bits per heavy atom. The van der Waals surface area contributed by atoms with Crippen molar-refractivity contribution in [3.63, 3.8) is 0 Å². The summed E-state index contributed by atoms with van der Waals surface area (Å²) in [4.78, 5) is 21.8. The summed E-state index contributed by atoms with van der Waals surface area (Å²) in [5, 5.41) is 12.7. The standard InChI is InChI=1S/C25H35N5O3/c1-17(2)21(29-10-6-18(3)7-11-29)16-27-23(31)19-8-12-30(13-9-19)25-20(15-26)28-24(33-25)22-5-4-14-32-22/h4-5,14,17-19,21H,6-13,16H2,1-3H3,(H,27,31). The number of oxazole rings is 1. The van der Waals surface area contributed by atoms with Crippen LogP contribution in [0, 0.1) is 29.1 Å². The van der Waals surface area contributed by atoms with Crippen LogP contribution in [-0.2, 0) is 4.79 Å². The van der Waals surface area contributed by atoms with Crippen molar-refractivity contribution in [2.45, 2.75) is 52.5 Å². The average molecular weight is 454 g/mol. The van der Waals surface area contributed by atoms with Crippen LogP contribution in [0.15, 0.2) is 27.2 Å². The molecule has 0 saturated carbocycles. The minimum atomic E-state index is -0.0200. The fourth-order valence-corrected chi connectivity index (χ4v) is 4.95. The van der Waals surface area contributed by atoms with Gasteiger partial charge >= 0.3 is 0 Å². The molecule has 2 fully saturated rings. The van der Waals surface area contributed by atoms with Crippen LogP contribution in [0.5, 0.6) is 0 Å². The lowest BCUT2D eigenvalue weighted by molar-refractivity contribution is -0.126. The predicted octanol–water partition coefficient (Wildman–Crippen LogP) is 3.90. The van der Waals surface area contributed by atoms with Crippen molar-refractivity contribution in [1.82, 2.24) is 15.2 Å². The number of furan rings is 1. The van der Waals surface area contributed by atoms with Crippen molar-refractivity contribution in [3.05, 3.63) is 24.1 Å². The van der Waals surface area contributed by atoms with Gasteiger partial charge in [-0.25, -0.2) is 0 Å². The molecule has 1 unspecified atom stereocenters. The van der Waals surface area contributed by atoms with Gasteiger partial charge in [0.1, 0.15) is 6.07 Å². The summed E-state index contributed by atoms with van der Waals surface area (Å²) >= 11 is 0. The molecule has 1 atom stereocenters. The summed E-state index contributed by atoms with van der Waals surface area (Å²) < 4.78 is 11.2. The summed E-state index contributed by atoms with van der Waals surface area (Å²) in [5.41, 5.74) is 0.250. The highest BCUT2D eigenvalue weighted by molar-refractivity contribution is 5.79. The molecule has 0 bridgehead atoms. The van der Waals surface area contributed by atoms with Crippen molar-refractivity contribution in [2.75, 3.05) is 37.6 Å². The highest BCUT2D eigenvalue weighted by atomic mass is 16.4. The zero-order valence-corrected chi connectivity index (χ0v) is 19.9. The Balaban J connectivity index is 1.31. The Morgan fingerprint density at radius 3 is 2.58 bits per heavy atom. The van der Waals surface area contributed by atoms with Crippen LogP contribution in [-0.4, -0.2) is 54.6 Å². The molecule has 2 aliphatic rings. The topological polar surface area (TPSA) is 98.5 Å². The monoisotopic (exact) mass is 453 g/mol. The first kappa shape index (κ1) is 23.4. The Hall–Kier alpha value is -2.79. The lowest BCUT2D eigenvalue weighted by Crippen LogP contribution is -2.51. The molecule has 1 amide bonds. The lowest BCUT2D eigenvalue weighted by Gasteiger charge is -2.39. The molecule has 8 nitrogen and oxygen atoms in total. The number of rotatable bonds is 7. The van der Waals surface area contributed by atoms with Crippen molar-refractivity contribution in [3.8, 4) is 17.7 Å². The van der Waals surface area contributed by atoms with Gasteiger partial charge in [-0.3, -0.25) is 9.69 Å². The van der Waals surface area contributed by atoms with E-state index in [4.69, 9.17) is 8.83 Å². The highest BCUT2D eigenvalue weighted by Gasteiger charge is 2.31. The van der Waals surface area contributed by atoms with Crippen LogP contribution in [0.2, 0.25) is 0 Å². The summed E-state index contributed by atoms with van der Waals surface area (Å²) in [5.74, 6) is 2.68. The van der Waals surface area contributed by atoms with Crippen molar-refractivity contribution >= 4 is 11.8 Å². The molecule has 2 saturated heterocycles. The number of carbonyl (C=O) groups excluding carboxylic acids is 1. The molecule has 178 valence electrons. The molecular weight excluding hydrogens is 418 g/mol. The molecule has 0 aliphatic carbocycles. The van der Waals surface area contributed by atoms with Crippen molar-refractivity contribution in [1.29, 1.82) is 5.26 Å². The lowest BCUT2D eigenvalue weighted by atomic mass is 9.93. The molecular formula is C25H35N5O3. The molecule has 0 radical (unpaired) electrons. The maximum Gasteiger partial charge on any atom is 0.266 e. The summed E-state index contributed by atoms with van der Waals surface area (Å²) in [6.07, 6.45) is 5.47. The van der Waals surface area contributed by atoms with Crippen molar-refractivity contribution in [2.24, 2.45) is 17.8 Å². The zero-order chi connectivity index (χ0) is 23.4. The first-order valence-electron chi connectivity index (χ1n) is 12.2. The minimum absolute atomic E-state index is 0.0200. The first-order chi connectivity index (χ1) is 16.0. The van der Waals surface area contributed by atoms with Crippen LogP contribution in [0.3, 0.4) is 0 Å². The van der Waals surface area contributed by atoms with Gasteiger partial charge in [0.25, 0.3) is 5.89 Å². The second-order valence-corrected chi connectivity index (χ2v) is 9.80. The van der Waals surface area contributed by atoms with E-state index in [2.05, 4.69) is 42.0 Å². The van der Waals surface area contributed by atoms with E-state index in [0.29, 0.717) is 49.1 Å². The fourth-order valence-electron chi connectivity index (χ4n) is 4.95. The van der Waals surface area contributed by atoms with E-state index < -0.39 is 0 Å². The molecule has 33 heavy (non-hydrogen) atoms. The van der Waals surface area contributed by atoms with Crippen LogP contribution >= 0.6 is 0 Å². The quantitative estimate of drug-likeness (QED) is 0.679. The van der Waals surface area contributed by atoms with Gasteiger partial charge in [-0.2, -0.15) is 10.2 Å². The van der Waals surface area contributed by atoms with Gasteiger partial charge < -0.3 is 19.1 Å². The number of carbonyl (C=O) groups is 1. The first-order valence-corrected chi connectivity index (χ1v) is 12.2. The third-order valence-electron chi connectivity index (χ3n) is 7.14. The number of nitrogens with zero attached hydrogens (tertiary/aromatic N) is 4. The Morgan fingerprint density at radius 2 is 1.97 bits per heavy atom. The molecule has 8 heteroatoms. The Bertz CT molecular complexity index is 945. The van der Waals surface area contributed by atoms with E-state index in [1.165, 1.54) is 12.8 Å². The van der Waals surface area contributed by atoms with E-state index in [0.717, 1.165) is 31.8 Å². The molecule has 4 heterocycles. The molecule has 0 spiro atoms. The van der Waals surface area contributed by atoms with Crippen LogP contribution in [0.25, 0.3) is 11.7 Å². The Labute approximate surface area is 195 Å². The van der Waals surface area contributed by atoms with E-state index >= 15 is 0 Å². The van der Waals surface area contributed by atoms with Gasteiger partial charge in [0.05, 0.1) is 6.26 Å². The molecule has 1 N–H and O–H groups in total. The maximum atomic E-state index is 12.9. The number of piperidine rings is 2. The number of hydrogen-bond acceptors (Lipinski definition) is 7. The van der Waals surface area contributed by atoms with Gasteiger partial charge in [-0.1, -0.05) is 20.8 Å². The summed E-state index contributed by atoms with van der Waals surface area (Å²) in [6, 6.07) is 6.00. The largest absolute Gasteiger partial charge is 0.459 e. The number of nitriles is 1.